The molecule has 0 saturated carbocycles. The zero-order valence-corrected chi connectivity index (χ0v) is 11.5. The summed E-state index contributed by atoms with van der Waals surface area (Å²) in [7, 11) is 0. The fraction of sp³-hybridized carbons (Fsp3) is 1.00. The minimum atomic E-state index is 0.605. The standard InChI is InChI=1S/C14H28N2O/c1-12(2)15-9-14-5-3-4-7-16(14)10-13-6-8-17-11-13/h12-15H,3-11H2,1-2H3. The summed E-state index contributed by atoms with van der Waals surface area (Å²) in [5.41, 5.74) is 0. The number of nitrogens with zero attached hydrogens (tertiary/aromatic N) is 1. The van der Waals surface area contributed by atoms with Gasteiger partial charge in [-0.15, -0.1) is 0 Å². The van der Waals surface area contributed by atoms with E-state index in [9.17, 15) is 0 Å². The highest BCUT2D eigenvalue weighted by Gasteiger charge is 2.26. The molecular weight excluding hydrogens is 212 g/mol. The maximum atomic E-state index is 5.49. The van der Waals surface area contributed by atoms with Gasteiger partial charge in [-0.25, -0.2) is 0 Å². The number of nitrogens with one attached hydrogen (secondary N) is 1. The first-order chi connectivity index (χ1) is 8.25. The van der Waals surface area contributed by atoms with Crippen LogP contribution in [-0.4, -0.2) is 49.8 Å². The van der Waals surface area contributed by atoms with Crippen LogP contribution in [0.5, 0.6) is 0 Å². The first kappa shape index (κ1) is 13.3. The van der Waals surface area contributed by atoms with Gasteiger partial charge in [-0.2, -0.15) is 0 Å². The number of hydrogen-bond donors (Lipinski definition) is 1. The SMILES string of the molecule is CC(C)NCC1CCCCN1CC1CCOC1. The van der Waals surface area contributed by atoms with Crippen LogP contribution in [0.3, 0.4) is 0 Å². The second-order valence-electron chi connectivity index (χ2n) is 5.94. The molecule has 1 N–H and O–H groups in total. The van der Waals surface area contributed by atoms with E-state index in [1.54, 1.807) is 0 Å². The molecular formula is C14H28N2O. The Morgan fingerprint density at radius 1 is 1.29 bits per heavy atom. The van der Waals surface area contributed by atoms with Crippen LogP contribution >= 0.6 is 0 Å². The number of piperidine rings is 1. The molecule has 0 bridgehead atoms. The molecule has 0 spiro atoms. The molecule has 2 unspecified atom stereocenters. The normalized spacial score (nSPS) is 31.2. The van der Waals surface area contributed by atoms with Crippen molar-refractivity contribution in [1.82, 2.24) is 10.2 Å². The van der Waals surface area contributed by atoms with Crippen LogP contribution in [0.1, 0.15) is 39.5 Å². The molecule has 2 fully saturated rings. The third kappa shape index (κ3) is 4.23. The molecule has 2 rings (SSSR count). The van der Waals surface area contributed by atoms with E-state index >= 15 is 0 Å². The summed E-state index contributed by atoms with van der Waals surface area (Å²) in [6.07, 6.45) is 5.42. The molecule has 2 aliphatic rings. The zero-order chi connectivity index (χ0) is 12.1. The topological polar surface area (TPSA) is 24.5 Å². The number of ether oxygens (including phenoxy) is 1. The van der Waals surface area contributed by atoms with Crippen LogP contribution < -0.4 is 5.32 Å². The first-order valence-electron chi connectivity index (χ1n) is 7.31. The maximum absolute atomic E-state index is 5.49. The summed E-state index contributed by atoms with van der Waals surface area (Å²) in [5.74, 6) is 0.787. The molecule has 2 atom stereocenters. The van der Waals surface area contributed by atoms with Gasteiger partial charge in [-0.1, -0.05) is 20.3 Å². The van der Waals surface area contributed by atoms with E-state index in [0.29, 0.717) is 6.04 Å². The average Bonchev–Trinajstić information content (AvgIpc) is 2.80. The molecule has 3 heteroatoms. The van der Waals surface area contributed by atoms with E-state index in [1.807, 2.05) is 0 Å². The highest BCUT2D eigenvalue weighted by Crippen LogP contribution is 2.21. The summed E-state index contributed by atoms with van der Waals surface area (Å²) in [5, 5.41) is 3.60. The number of likely N-dealkylation sites (tertiary alicyclic amines) is 1. The van der Waals surface area contributed by atoms with Crippen molar-refractivity contribution < 1.29 is 4.74 Å². The molecule has 0 aromatic carbocycles. The molecule has 2 heterocycles. The Morgan fingerprint density at radius 2 is 2.18 bits per heavy atom. The number of hydrogen-bond acceptors (Lipinski definition) is 3. The molecule has 0 aliphatic carbocycles. The summed E-state index contributed by atoms with van der Waals surface area (Å²) in [4.78, 5) is 2.71. The van der Waals surface area contributed by atoms with Gasteiger partial charge in [0.15, 0.2) is 0 Å². The molecule has 0 amide bonds. The van der Waals surface area contributed by atoms with E-state index in [-0.39, 0.29) is 0 Å². The van der Waals surface area contributed by atoms with E-state index in [1.165, 1.54) is 38.8 Å². The van der Waals surface area contributed by atoms with Crippen molar-refractivity contribution in [2.45, 2.75) is 51.6 Å². The summed E-state index contributed by atoms with van der Waals surface area (Å²) >= 11 is 0. The molecule has 0 aromatic rings. The van der Waals surface area contributed by atoms with Gasteiger partial charge in [0.2, 0.25) is 0 Å². The molecule has 2 aliphatic heterocycles. The fourth-order valence-corrected chi connectivity index (χ4v) is 2.96. The lowest BCUT2D eigenvalue weighted by Gasteiger charge is -2.37. The monoisotopic (exact) mass is 240 g/mol. The van der Waals surface area contributed by atoms with Gasteiger partial charge in [0.05, 0.1) is 6.61 Å². The first-order valence-corrected chi connectivity index (χ1v) is 7.31. The lowest BCUT2D eigenvalue weighted by molar-refractivity contribution is 0.112. The van der Waals surface area contributed by atoms with Crippen molar-refractivity contribution in [2.24, 2.45) is 5.92 Å². The molecule has 100 valence electrons. The van der Waals surface area contributed by atoms with E-state index in [0.717, 1.165) is 31.7 Å². The summed E-state index contributed by atoms with van der Waals surface area (Å²) in [6.45, 7) is 10.1. The molecule has 17 heavy (non-hydrogen) atoms. The second kappa shape index (κ2) is 6.72. The van der Waals surface area contributed by atoms with Gasteiger partial charge in [0.25, 0.3) is 0 Å². The quantitative estimate of drug-likeness (QED) is 0.794. The Balaban J connectivity index is 1.78. The zero-order valence-electron chi connectivity index (χ0n) is 11.5. The van der Waals surface area contributed by atoms with Crippen molar-refractivity contribution in [2.75, 3.05) is 32.8 Å². The third-order valence-electron chi connectivity index (χ3n) is 4.03. The van der Waals surface area contributed by atoms with Gasteiger partial charge in [-0.3, -0.25) is 4.90 Å². The Morgan fingerprint density at radius 3 is 2.88 bits per heavy atom. The predicted molar refractivity (Wildman–Crippen MR) is 71.3 cm³/mol. The van der Waals surface area contributed by atoms with Gasteiger partial charge in [0.1, 0.15) is 0 Å². The Labute approximate surface area is 106 Å². The van der Waals surface area contributed by atoms with Crippen molar-refractivity contribution in [3.63, 3.8) is 0 Å². The van der Waals surface area contributed by atoms with Gasteiger partial charge >= 0.3 is 0 Å². The molecule has 0 aromatic heterocycles. The van der Waals surface area contributed by atoms with Crippen LogP contribution in [0.2, 0.25) is 0 Å². The largest absolute Gasteiger partial charge is 0.381 e. The maximum Gasteiger partial charge on any atom is 0.0507 e. The van der Waals surface area contributed by atoms with Gasteiger partial charge in [0, 0.05) is 31.8 Å². The van der Waals surface area contributed by atoms with E-state index in [4.69, 9.17) is 4.74 Å². The van der Waals surface area contributed by atoms with Crippen LogP contribution in [-0.2, 0) is 4.74 Å². The molecule has 0 radical (unpaired) electrons. The molecule has 2 saturated heterocycles. The van der Waals surface area contributed by atoms with E-state index < -0.39 is 0 Å². The Kier molecular flexibility index (Phi) is 5.26. The summed E-state index contributed by atoms with van der Waals surface area (Å²) < 4.78 is 5.49. The minimum Gasteiger partial charge on any atom is -0.381 e. The van der Waals surface area contributed by atoms with Crippen molar-refractivity contribution in [3.05, 3.63) is 0 Å². The third-order valence-corrected chi connectivity index (χ3v) is 4.03. The lowest BCUT2D eigenvalue weighted by Crippen LogP contribution is -2.48. The van der Waals surface area contributed by atoms with Crippen molar-refractivity contribution in [3.8, 4) is 0 Å². The lowest BCUT2D eigenvalue weighted by atomic mass is 9.99. The van der Waals surface area contributed by atoms with Gasteiger partial charge < -0.3 is 10.1 Å². The predicted octanol–water partition coefficient (Wildman–Crippen LogP) is 1.88. The molecule has 3 nitrogen and oxygen atoms in total. The van der Waals surface area contributed by atoms with Crippen LogP contribution in [0, 0.1) is 5.92 Å². The average molecular weight is 240 g/mol. The second-order valence-corrected chi connectivity index (χ2v) is 5.94. The fourth-order valence-electron chi connectivity index (χ4n) is 2.96. The Bertz CT molecular complexity index is 214. The van der Waals surface area contributed by atoms with Crippen molar-refractivity contribution in [1.29, 1.82) is 0 Å². The highest BCUT2D eigenvalue weighted by atomic mass is 16.5. The van der Waals surface area contributed by atoms with Crippen molar-refractivity contribution >= 4 is 0 Å². The highest BCUT2D eigenvalue weighted by molar-refractivity contribution is 4.82. The Hall–Kier alpha value is -0.120. The number of rotatable bonds is 5. The van der Waals surface area contributed by atoms with Crippen LogP contribution in [0.4, 0.5) is 0 Å². The van der Waals surface area contributed by atoms with Crippen LogP contribution in [0.25, 0.3) is 0 Å². The van der Waals surface area contributed by atoms with Crippen LogP contribution in [0.15, 0.2) is 0 Å². The minimum absolute atomic E-state index is 0.605. The summed E-state index contributed by atoms with van der Waals surface area (Å²) in [6, 6.07) is 1.36. The smallest absolute Gasteiger partial charge is 0.0507 e. The van der Waals surface area contributed by atoms with E-state index in [2.05, 4.69) is 24.1 Å². The van der Waals surface area contributed by atoms with Gasteiger partial charge in [-0.05, 0) is 31.7 Å².